The minimum absolute atomic E-state index is 0.361. The van der Waals surface area contributed by atoms with Crippen LogP contribution in [0.4, 0.5) is 0 Å². The van der Waals surface area contributed by atoms with E-state index < -0.39 is 0 Å². The van der Waals surface area contributed by atoms with Crippen molar-refractivity contribution < 1.29 is 9.84 Å². The molecule has 11 heavy (non-hydrogen) atoms. The van der Waals surface area contributed by atoms with E-state index in [1.807, 2.05) is 0 Å². The van der Waals surface area contributed by atoms with Crippen LogP contribution >= 0.6 is 0 Å². The summed E-state index contributed by atoms with van der Waals surface area (Å²) in [7, 11) is 1.76. The van der Waals surface area contributed by atoms with Gasteiger partial charge in [0.1, 0.15) is 0 Å². The number of aliphatic hydroxyl groups is 1. The molecule has 0 saturated heterocycles. The zero-order valence-electron chi connectivity index (χ0n) is 7.05. The van der Waals surface area contributed by atoms with E-state index >= 15 is 0 Å². The quantitative estimate of drug-likeness (QED) is 0.659. The molecular weight excluding hydrogens is 140 g/mol. The first-order valence-corrected chi connectivity index (χ1v) is 4.43. The number of aliphatic hydroxyl groups excluding tert-OH is 1. The summed E-state index contributed by atoms with van der Waals surface area (Å²) in [5.74, 6) is 1.43. The lowest BCUT2D eigenvalue weighted by Crippen LogP contribution is -2.15. The van der Waals surface area contributed by atoms with Gasteiger partial charge < -0.3 is 9.84 Å². The second-order valence-electron chi connectivity index (χ2n) is 4.02. The first-order chi connectivity index (χ1) is 5.33. The first-order valence-electron chi connectivity index (χ1n) is 4.43. The highest BCUT2D eigenvalue weighted by molar-refractivity contribution is 5.10. The van der Waals surface area contributed by atoms with Crippen molar-refractivity contribution in [3.63, 3.8) is 0 Å². The van der Waals surface area contributed by atoms with Gasteiger partial charge in [0.15, 0.2) is 0 Å². The number of hydrogen-bond acceptors (Lipinski definition) is 2. The molecule has 2 aliphatic carbocycles. The van der Waals surface area contributed by atoms with Crippen LogP contribution in [-0.4, -0.2) is 25.4 Å². The van der Waals surface area contributed by atoms with E-state index in [4.69, 9.17) is 9.84 Å². The number of methoxy groups -OCH3 is 1. The third-order valence-electron chi connectivity index (χ3n) is 3.30. The van der Waals surface area contributed by atoms with E-state index in [9.17, 15) is 0 Å². The summed E-state index contributed by atoms with van der Waals surface area (Å²) in [5.41, 5.74) is 0.406. The summed E-state index contributed by atoms with van der Waals surface area (Å²) in [6.45, 7) is 1.22. The Bertz CT molecular complexity index is 154. The van der Waals surface area contributed by atoms with E-state index in [0.29, 0.717) is 17.9 Å². The van der Waals surface area contributed by atoms with Crippen LogP contribution in [0.3, 0.4) is 0 Å². The van der Waals surface area contributed by atoms with Crippen LogP contribution in [0, 0.1) is 17.3 Å². The maximum Gasteiger partial charge on any atom is 0.0524 e. The van der Waals surface area contributed by atoms with Gasteiger partial charge in [-0.05, 0) is 31.1 Å². The van der Waals surface area contributed by atoms with Gasteiger partial charge in [-0.15, -0.1) is 0 Å². The van der Waals surface area contributed by atoms with Crippen molar-refractivity contribution in [3.05, 3.63) is 0 Å². The molecule has 0 aromatic heterocycles. The molecule has 2 atom stereocenters. The third-order valence-corrected chi connectivity index (χ3v) is 3.30. The largest absolute Gasteiger partial charge is 0.396 e. The van der Waals surface area contributed by atoms with Crippen LogP contribution < -0.4 is 0 Å². The van der Waals surface area contributed by atoms with Gasteiger partial charge in [-0.25, -0.2) is 0 Å². The molecule has 2 saturated carbocycles. The maximum atomic E-state index is 8.99. The highest BCUT2D eigenvalue weighted by Crippen LogP contribution is 2.65. The molecule has 0 aromatic rings. The summed E-state index contributed by atoms with van der Waals surface area (Å²) >= 11 is 0. The summed E-state index contributed by atoms with van der Waals surface area (Å²) in [4.78, 5) is 0. The van der Waals surface area contributed by atoms with E-state index in [1.54, 1.807) is 7.11 Å². The van der Waals surface area contributed by atoms with Gasteiger partial charge in [-0.1, -0.05) is 0 Å². The van der Waals surface area contributed by atoms with Gasteiger partial charge in [0.25, 0.3) is 0 Å². The van der Waals surface area contributed by atoms with Crippen molar-refractivity contribution in [3.8, 4) is 0 Å². The minimum Gasteiger partial charge on any atom is -0.396 e. The van der Waals surface area contributed by atoms with Crippen molar-refractivity contribution in [1.29, 1.82) is 0 Å². The van der Waals surface area contributed by atoms with Crippen molar-refractivity contribution in [2.75, 3.05) is 20.3 Å². The van der Waals surface area contributed by atoms with Crippen LogP contribution in [0.1, 0.15) is 19.3 Å². The molecule has 2 heteroatoms. The average Bonchev–Trinajstić information content (AvgIpc) is 2.83. The summed E-state index contributed by atoms with van der Waals surface area (Å²) in [6.07, 6.45) is 3.92. The fourth-order valence-electron chi connectivity index (χ4n) is 2.37. The molecule has 64 valence electrons. The molecule has 2 fully saturated rings. The summed E-state index contributed by atoms with van der Waals surface area (Å²) < 4.78 is 5.19. The third kappa shape index (κ3) is 1.09. The highest BCUT2D eigenvalue weighted by atomic mass is 16.5. The molecule has 2 nitrogen and oxygen atoms in total. The van der Waals surface area contributed by atoms with Crippen molar-refractivity contribution in [2.45, 2.75) is 19.3 Å². The van der Waals surface area contributed by atoms with E-state index in [1.165, 1.54) is 19.3 Å². The Morgan fingerprint density at radius 3 is 2.64 bits per heavy atom. The number of ether oxygens (including phenoxy) is 1. The molecule has 2 unspecified atom stereocenters. The molecule has 1 N–H and O–H groups in total. The van der Waals surface area contributed by atoms with Crippen LogP contribution in [0.15, 0.2) is 0 Å². The second-order valence-corrected chi connectivity index (χ2v) is 4.02. The van der Waals surface area contributed by atoms with Gasteiger partial charge in [0.2, 0.25) is 0 Å². The van der Waals surface area contributed by atoms with Crippen LogP contribution in [-0.2, 0) is 4.74 Å². The maximum absolute atomic E-state index is 8.99. The Morgan fingerprint density at radius 1 is 1.55 bits per heavy atom. The molecule has 0 aliphatic heterocycles. The predicted octanol–water partition coefficient (Wildman–Crippen LogP) is 1.04. The van der Waals surface area contributed by atoms with E-state index in [-0.39, 0.29) is 0 Å². The van der Waals surface area contributed by atoms with E-state index in [2.05, 4.69) is 0 Å². The zero-order chi connectivity index (χ0) is 7.90. The standard InChI is InChI=1S/C9H16O2/c1-11-6-9(7-2-3-7)4-8(9)5-10/h7-8,10H,2-6H2,1H3. The zero-order valence-corrected chi connectivity index (χ0v) is 7.05. The highest BCUT2D eigenvalue weighted by Gasteiger charge is 2.61. The Kier molecular flexibility index (Phi) is 1.69. The molecule has 0 bridgehead atoms. The molecule has 0 amide bonds. The molecule has 2 aliphatic rings. The lowest BCUT2D eigenvalue weighted by molar-refractivity contribution is 0.109. The lowest BCUT2D eigenvalue weighted by atomic mass is 9.99. The second kappa shape index (κ2) is 2.46. The van der Waals surface area contributed by atoms with Gasteiger partial charge >= 0.3 is 0 Å². The predicted molar refractivity (Wildman–Crippen MR) is 42.2 cm³/mol. The fourth-order valence-corrected chi connectivity index (χ4v) is 2.37. The topological polar surface area (TPSA) is 29.5 Å². The van der Waals surface area contributed by atoms with Crippen molar-refractivity contribution in [1.82, 2.24) is 0 Å². The monoisotopic (exact) mass is 156 g/mol. The van der Waals surface area contributed by atoms with Crippen LogP contribution in [0.2, 0.25) is 0 Å². The molecule has 0 spiro atoms. The van der Waals surface area contributed by atoms with Gasteiger partial charge in [0.05, 0.1) is 6.61 Å². The fraction of sp³-hybridized carbons (Fsp3) is 1.00. The average molecular weight is 156 g/mol. The number of rotatable bonds is 4. The van der Waals surface area contributed by atoms with Gasteiger partial charge in [-0.3, -0.25) is 0 Å². The molecule has 0 aromatic carbocycles. The normalized spacial score (nSPS) is 42.5. The SMILES string of the molecule is COCC1(C2CC2)CC1CO. The molecular formula is C9H16O2. The summed E-state index contributed by atoms with van der Waals surface area (Å²) in [6, 6.07) is 0. The summed E-state index contributed by atoms with van der Waals surface area (Å²) in [5, 5.41) is 8.99. The molecule has 0 radical (unpaired) electrons. The lowest BCUT2D eigenvalue weighted by Gasteiger charge is -2.13. The molecule has 0 heterocycles. The van der Waals surface area contributed by atoms with Gasteiger partial charge in [-0.2, -0.15) is 0 Å². The Morgan fingerprint density at radius 2 is 2.27 bits per heavy atom. The van der Waals surface area contributed by atoms with Crippen molar-refractivity contribution >= 4 is 0 Å². The van der Waals surface area contributed by atoms with E-state index in [0.717, 1.165) is 12.5 Å². The Hall–Kier alpha value is -0.0800. The first kappa shape index (κ1) is 7.56. The smallest absolute Gasteiger partial charge is 0.0524 e. The Labute approximate surface area is 67.6 Å². The number of hydrogen-bond donors (Lipinski definition) is 1. The van der Waals surface area contributed by atoms with Crippen molar-refractivity contribution in [2.24, 2.45) is 17.3 Å². The Balaban J connectivity index is 1.94. The minimum atomic E-state index is 0.361. The molecule has 2 rings (SSSR count). The van der Waals surface area contributed by atoms with Crippen LogP contribution in [0.5, 0.6) is 0 Å². The van der Waals surface area contributed by atoms with Crippen LogP contribution in [0.25, 0.3) is 0 Å². The van der Waals surface area contributed by atoms with Gasteiger partial charge in [0, 0.05) is 19.1 Å².